The third-order valence-corrected chi connectivity index (χ3v) is 4.27. The molecule has 0 unspecified atom stereocenters. The zero-order valence-corrected chi connectivity index (χ0v) is 12.7. The molecular formula is C14H12BrN5O. The van der Waals surface area contributed by atoms with Gasteiger partial charge in [0.1, 0.15) is 5.82 Å². The van der Waals surface area contributed by atoms with Crippen LogP contribution >= 0.6 is 15.9 Å². The maximum Gasteiger partial charge on any atom is 0.283 e. The maximum absolute atomic E-state index is 12.5. The molecule has 4 rings (SSSR count). The van der Waals surface area contributed by atoms with Crippen molar-refractivity contribution < 1.29 is 0 Å². The summed E-state index contributed by atoms with van der Waals surface area (Å²) in [6.45, 7) is 0.724. The molecule has 0 spiro atoms. The van der Waals surface area contributed by atoms with Gasteiger partial charge in [0.05, 0.1) is 5.69 Å². The number of hydrogen-bond donors (Lipinski definition) is 0. The summed E-state index contributed by atoms with van der Waals surface area (Å²) in [5.41, 5.74) is 1.63. The Kier molecular flexibility index (Phi) is 2.88. The summed E-state index contributed by atoms with van der Waals surface area (Å²) in [4.78, 5) is 17.1. The Morgan fingerprint density at radius 3 is 2.76 bits per heavy atom. The topological polar surface area (TPSA) is 65.6 Å². The van der Waals surface area contributed by atoms with E-state index in [0.717, 1.165) is 41.8 Å². The fraction of sp³-hybridized carbons (Fsp3) is 0.286. The zero-order valence-electron chi connectivity index (χ0n) is 11.2. The number of aromatic nitrogens is 5. The Hall–Kier alpha value is -2.02. The second-order valence-electron chi connectivity index (χ2n) is 5.09. The average Bonchev–Trinajstić information content (AvgIpc) is 2.92. The number of aryl methyl sites for hydroxylation is 1. The molecule has 0 radical (unpaired) electrons. The molecule has 0 N–H and O–H groups in total. The summed E-state index contributed by atoms with van der Waals surface area (Å²) >= 11 is 3.41. The Bertz CT molecular complexity index is 881. The van der Waals surface area contributed by atoms with E-state index < -0.39 is 0 Å². The third kappa shape index (κ3) is 1.99. The summed E-state index contributed by atoms with van der Waals surface area (Å²) < 4.78 is 4.34. The summed E-state index contributed by atoms with van der Waals surface area (Å²) in [6.07, 6.45) is 2.91. The van der Waals surface area contributed by atoms with Gasteiger partial charge in [-0.25, -0.2) is 4.98 Å². The van der Waals surface area contributed by atoms with Gasteiger partial charge >= 0.3 is 0 Å². The first-order valence-electron chi connectivity index (χ1n) is 6.85. The first-order chi connectivity index (χ1) is 10.2. The van der Waals surface area contributed by atoms with Gasteiger partial charge in [0.2, 0.25) is 0 Å². The van der Waals surface area contributed by atoms with Crippen molar-refractivity contribution >= 4 is 27.1 Å². The highest BCUT2D eigenvalue weighted by Gasteiger charge is 2.19. The first-order valence-corrected chi connectivity index (χ1v) is 7.64. The molecule has 7 heteroatoms. The van der Waals surface area contributed by atoms with Crippen LogP contribution in [0.5, 0.6) is 0 Å². The Labute approximate surface area is 128 Å². The molecule has 3 heterocycles. The largest absolute Gasteiger partial charge is 0.295 e. The van der Waals surface area contributed by atoms with Gasteiger partial charge in [-0.2, -0.15) is 4.68 Å². The van der Waals surface area contributed by atoms with Gasteiger partial charge in [0.15, 0.2) is 11.2 Å². The van der Waals surface area contributed by atoms with Gasteiger partial charge in [0, 0.05) is 17.4 Å². The van der Waals surface area contributed by atoms with Crippen molar-refractivity contribution in [2.24, 2.45) is 0 Å². The van der Waals surface area contributed by atoms with Crippen molar-refractivity contribution in [1.29, 1.82) is 0 Å². The number of rotatable bonds is 1. The molecular weight excluding hydrogens is 334 g/mol. The third-order valence-electron chi connectivity index (χ3n) is 3.74. The van der Waals surface area contributed by atoms with Crippen LogP contribution in [0.1, 0.15) is 18.7 Å². The van der Waals surface area contributed by atoms with E-state index in [1.165, 1.54) is 0 Å². The van der Waals surface area contributed by atoms with Crippen LogP contribution in [0, 0.1) is 0 Å². The molecule has 0 fully saturated rings. The fourth-order valence-electron chi connectivity index (χ4n) is 2.67. The van der Waals surface area contributed by atoms with Gasteiger partial charge in [-0.3, -0.25) is 9.36 Å². The van der Waals surface area contributed by atoms with Crippen LogP contribution in [-0.4, -0.2) is 24.5 Å². The number of halogens is 1. The molecule has 0 aliphatic carbocycles. The highest BCUT2D eigenvalue weighted by atomic mass is 79.9. The van der Waals surface area contributed by atoms with E-state index in [1.54, 1.807) is 9.25 Å². The molecule has 21 heavy (non-hydrogen) atoms. The molecule has 106 valence electrons. The van der Waals surface area contributed by atoms with Gasteiger partial charge < -0.3 is 0 Å². The highest BCUT2D eigenvalue weighted by molar-refractivity contribution is 9.10. The predicted molar refractivity (Wildman–Crippen MR) is 81.6 cm³/mol. The molecule has 0 atom stereocenters. The molecule has 1 aliphatic heterocycles. The Balaban J connectivity index is 1.98. The molecule has 3 aromatic rings. The molecule has 2 aromatic heterocycles. The maximum atomic E-state index is 12.5. The van der Waals surface area contributed by atoms with Crippen molar-refractivity contribution in [1.82, 2.24) is 24.5 Å². The normalized spacial score (nSPS) is 14.3. The summed E-state index contributed by atoms with van der Waals surface area (Å²) in [5, 5.41) is 8.13. The van der Waals surface area contributed by atoms with E-state index >= 15 is 0 Å². The lowest BCUT2D eigenvalue weighted by Crippen LogP contribution is -2.28. The smallest absolute Gasteiger partial charge is 0.283 e. The lowest BCUT2D eigenvalue weighted by molar-refractivity contribution is 0.500. The molecule has 0 saturated carbocycles. The van der Waals surface area contributed by atoms with Crippen molar-refractivity contribution in [3.8, 4) is 5.69 Å². The van der Waals surface area contributed by atoms with E-state index in [0.29, 0.717) is 11.2 Å². The van der Waals surface area contributed by atoms with Crippen molar-refractivity contribution in [3.05, 3.63) is 44.9 Å². The minimum atomic E-state index is -0.0851. The first kappa shape index (κ1) is 12.7. The van der Waals surface area contributed by atoms with Crippen LogP contribution in [0.3, 0.4) is 0 Å². The van der Waals surface area contributed by atoms with Crippen LogP contribution in [0.4, 0.5) is 0 Å². The number of nitrogens with zero attached hydrogens (tertiary/aromatic N) is 5. The summed E-state index contributed by atoms with van der Waals surface area (Å²) in [5.74, 6) is 0.833. The monoisotopic (exact) mass is 345 g/mol. The van der Waals surface area contributed by atoms with E-state index in [4.69, 9.17) is 0 Å². The Morgan fingerprint density at radius 1 is 1.14 bits per heavy atom. The molecule has 0 amide bonds. The fourth-order valence-corrected chi connectivity index (χ4v) is 2.94. The molecule has 0 saturated heterocycles. The Morgan fingerprint density at radius 2 is 1.95 bits per heavy atom. The van der Waals surface area contributed by atoms with Crippen LogP contribution in [-0.2, 0) is 13.0 Å². The molecule has 1 aliphatic rings. The number of fused-ring (bicyclic) bond motifs is 2. The number of benzene rings is 1. The quantitative estimate of drug-likeness (QED) is 0.677. The van der Waals surface area contributed by atoms with Gasteiger partial charge in [-0.1, -0.05) is 21.1 Å². The van der Waals surface area contributed by atoms with Crippen LogP contribution in [0.15, 0.2) is 33.5 Å². The molecule has 6 nitrogen and oxygen atoms in total. The van der Waals surface area contributed by atoms with Crippen LogP contribution in [0.2, 0.25) is 0 Å². The summed E-state index contributed by atoms with van der Waals surface area (Å²) in [6, 6.07) is 7.68. The van der Waals surface area contributed by atoms with Crippen LogP contribution < -0.4 is 5.56 Å². The van der Waals surface area contributed by atoms with Crippen molar-refractivity contribution in [3.63, 3.8) is 0 Å². The second-order valence-corrected chi connectivity index (χ2v) is 6.01. The minimum absolute atomic E-state index is 0.0851. The standard InChI is InChI=1S/C14H12BrN5O/c15-9-4-6-10(7-5-9)20-13-12(17-18-20)14(21)19-8-2-1-3-11(19)16-13/h4-7H,1-3,8H2. The number of hydrogen-bond acceptors (Lipinski definition) is 4. The molecule has 0 bridgehead atoms. The summed E-state index contributed by atoms with van der Waals surface area (Å²) in [7, 11) is 0. The lowest BCUT2D eigenvalue weighted by atomic mass is 10.1. The SMILES string of the molecule is O=c1c2nnn(-c3ccc(Br)cc3)c2nc2n1CCCC2. The van der Waals surface area contributed by atoms with E-state index in [9.17, 15) is 4.79 Å². The second kappa shape index (κ2) is 4.77. The zero-order chi connectivity index (χ0) is 14.4. The molecule has 1 aromatic carbocycles. The van der Waals surface area contributed by atoms with Crippen molar-refractivity contribution in [2.75, 3.05) is 0 Å². The highest BCUT2D eigenvalue weighted by Crippen LogP contribution is 2.18. The van der Waals surface area contributed by atoms with E-state index in [-0.39, 0.29) is 5.56 Å². The van der Waals surface area contributed by atoms with E-state index in [2.05, 4.69) is 31.2 Å². The van der Waals surface area contributed by atoms with Crippen molar-refractivity contribution in [2.45, 2.75) is 25.8 Å². The van der Waals surface area contributed by atoms with Gasteiger partial charge in [-0.15, -0.1) is 5.10 Å². The minimum Gasteiger partial charge on any atom is -0.295 e. The predicted octanol–water partition coefficient (Wildman–Crippen LogP) is 2.08. The van der Waals surface area contributed by atoms with E-state index in [1.807, 2.05) is 24.3 Å². The van der Waals surface area contributed by atoms with Gasteiger partial charge in [0.25, 0.3) is 5.56 Å². The van der Waals surface area contributed by atoms with Crippen LogP contribution in [0.25, 0.3) is 16.9 Å². The lowest BCUT2D eigenvalue weighted by Gasteiger charge is -2.16. The van der Waals surface area contributed by atoms with Gasteiger partial charge in [-0.05, 0) is 37.1 Å². The average molecular weight is 346 g/mol.